The van der Waals surface area contributed by atoms with Crippen molar-refractivity contribution in [2.75, 3.05) is 29.9 Å². The van der Waals surface area contributed by atoms with Crippen LogP contribution in [0, 0.1) is 0 Å². The summed E-state index contributed by atoms with van der Waals surface area (Å²) in [6.07, 6.45) is 3.74. The summed E-state index contributed by atoms with van der Waals surface area (Å²) >= 11 is 0. The molecule has 0 aliphatic heterocycles. The van der Waals surface area contributed by atoms with E-state index in [4.69, 9.17) is 4.74 Å². The van der Waals surface area contributed by atoms with Crippen molar-refractivity contribution in [3.05, 3.63) is 53.9 Å². The summed E-state index contributed by atoms with van der Waals surface area (Å²) in [6.45, 7) is 8.24. The van der Waals surface area contributed by atoms with E-state index in [1.165, 1.54) is 0 Å². The number of anilines is 2. The van der Waals surface area contributed by atoms with E-state index in [1.54, 1.807) is 37.4 Å². The van der Waals surface area contributed by atoms with Crippen molar-refractivity contribution in [3.63, 3.8) is 0 Å². The molecule has 0 fully saturated rings. The number of rotatable bonds is 9. The maximum Gasteiger partial charge on any atom is 0.338 e. The van der Waals surface area contributed by atoms with Crippen molar-refractivity contribution < 1.29 is 14.3 Å². The Morgan fingerprint density at radius 2 is 1.70 bits per heavy atom. The van der Waals surface area contributed by atoms with E-state index in [1.807, 2.05) is 12.1 Å². The lowest BCUT2D eigenvalue weighted by Gasteiger charge is -2.23. The van der Waals surface area contributed by atoms with Crippen molar-refractivity contribution in [2.24, 2.45) is 0 Å². The molecular weight excluding hydrogens is 342 g/mol. The van der Waals surface area contributed by atoms with Gasteiger partial charge in [-0.2, -0.15) is 0 Å². The maximum absolute atomic E-state index is 12.5. The number of pyridine rings is 1. The number of ether oxygens (including phenoxy) is 1. The normalized spacial score (nSPS) is 10.3. The average molecular weight is 369 g/mol. The Balaban J connectivity index is 2.09. The van der Waals surface area contributed by atoms with Crippen LogP contribution in [0.1, 0.15) is 54.5 Å². The molecule has 0 saturated heterocycles. The molecule has 1 aromatic carbocycles. The third-order valence-electron chi connectivity index (χ3n) is 3.98. The summed E-state index contributed by atoms with van der Waals surface area (Å²) in [4.78, 5) is 30.7. The van der Waals surface area contributed by atoms with Crippen molar-refractivity contribution in [3.8, 4) is 0 Å². The molecule has 2 rings (SSSR count). The highest BCUT2D eigenvalue weighted by Gasteiger charge is 2.12. The molecule has 1 heterocycles. The Morgan fingerprint density at radius 1 is 1.04 bits per heavy atom. The fourth-order valence-corrected chi connectivity index (χ4v) is 2.75. The molecule has 144 valence electrons. The van der Waals surface area contributed by atoms with Crippen LogP contribution in [0.5, 0.6) is 0 Å². The molecule has 0 bridgehead atoms. The molecule has 1 aromatic heterocycles. The number of aromatic nitrogens is 1. The van der Waals surface area contributed by atoms with Crippen LogP contribution in [0.4, 0.5) is 11.4 Å². The zero-order valence-electron chi connectivity index (χ0n) is 16.2. The van der Waals surface area contributed by atoms with Gasteiger partial charge in [0.25, 0.3) is 5.91 Å². The van der Waals surface area contributed by atoms with E-state index >= 15 is 0 Å². The van der Waals surface area contributed by atoms with Crippen molar-refractivity contribution >= 4 is 23.3 Å². The SMILES string of the molecule is CCCN(CCC)c1ccnc(C(=O)Nc2ccc(C(=O)OCC)cc2)c1. The van der Waals surface area contributed by atoms with Gasteiger partial charge in [-0.3, -0.25) is 9.78 Å². The minimum absolute atomic E-state index is 0.284. The van der Waals surface area contributed by atoms with Crippen LogP contribution >= 0.6 is 0 Å². The lowest BCUT2D eigenvalue weighted by atomic mass is 10.2. The molecule has 0 aliphatic carbocycles. The van der Waals surface area contributed by atoms with Gasteiger partial charge in [-0.25, -0.2) is 4.79 Å². The Hall–Kier alpha value is -2.89. The highest BCUT2D eigenvalue weighted by Crippen LogP contribution is 2.17. The van der Waals surface area contributed by atoms with E-state index in [2.05, 4.69) is 29.0 Å². The number of carbonyl (C=O) groups is 2. The summed E-state index contributed by atoms with van der Waals surface area (Å²) in [7, 11) is 0. The summed E-state index contributed by atoms with van der Waals surface area (Å²) in [5, 5.41) is 2.81. The number of nitrogens with one attached hydrogen (secondary N) is 1. The van der Waals surface area contributed by atoms with Gasteiger partial charge in [0.05, 0.1) is 12.2 Å². The van der Waals surface area contributed by atoms with Gasteiger partial charge in [-0.05, 0) is 56.2 Å². The van der Waals surface area contributed by atoms with Gasteiger partial charge in [-0.15, -0.1) is 0 Å². The lowest BCUT2D eigenvalue weighted by Crippen LogP contribution is -2.25. The first-order valence-corrected chi connectivity index (χ1v) is 9.38. The molecule has 1 N–H and O–H groups in total. The van der Waals surface area contributed by atoms with Gasteiger partial charge < -0.3 is 15.0 Å². The molecule has 2 aromatic rings. The number of esters is 1. The van der Waals surface area contributed by atoms with Gasteiger partial charge in [0.15, 0.2) is 0 Å². The molecule has 6 heteroatoms. The van der Waals surface area contributed by atoms with Crippen molar-refractivity contribution in [2.45, 2.75) is 33.6 Å². The third kappa shape index (κ3) is 5.81. The summed E-state index contributed by atoms with van der Waals surface area (Å²) in [5.41, 5.74) is 2.40. The standard InChI is InChI=1S/C21H27N3O3/c1-4-13-24(14-5-2)18-11-12-22-19(15-18)20(25)23-17-9-7-16(8-10-17)21(26)27-6-3/h7-12,15H,4-6,13-14H2,1-3H3,(H,23,25). The maximum atomic E-state index is 12.5. The molecule has 0 unspecified atom stereocenters. The molecule has 1 amide bonds. The Kier molecular flexibility index (Phi) is 7.79. The molecule has 0 spiro atoms. The Bertz CT molecular complexity index is 754. The first-order valence-electron chi connectivity index (χ1n) is 9.38. The Labute approximate surface area is 160 Å². The fourth-order valence-electron chi connectivity index (χ4n) is 2.75. The second kappa shape index (κ2) is 10.3. The summed E-state index contributed by atoms with van der Waals surface area (Å²) < 4.78 is 4.95. The van der Waals surface area contributed by atoms with Crippen LogP contribution in [0.2, 0.25) is 0 Å². The van der Waals surface area contributed by atoms with E-state index < -0.39 is 0 Å². The number of carbonyl (C=O) groups excluding carboxylic acids is 2. The first kappa shape index (κ1) is 20.4. The second-order valence-corrected chi connectivity index (χ2v) is 6.14. The molecule has 27 heavy (non-hydrogen) atoms. The topological polar surface area (TPSA) is 71.5 Å². The zero-order valence-corrected chi connectivity index (χ0v) is 16.2. The largest absolute Gasteiger partial charge is 0.462 e. The number of nitrogens with zero attached hydrogens (tertiary/aromatic N) is 2. The number of hydrogen-bond donors (Lipinski definition) is 1. The highest BCUT2D eigenvalue weighted by atomic mass is 16.5. The van der Waals surface area contributed by atoms with Crippen molar-refractivity contribution in [1.82, 2.24) is 4.98 Å². The van der Waals surface area contributed by atoms with E-state index in [0.717, 1.165) is 31.6 Å². The van der Waals surface area contributed by atoms with Crippen molar-refractivity contribution in [1.29, 1.82) is 0 Å². The first-order chi connectivity index (χ1) is 13.1. The van der Waals surface area contributed by atoms with Gasteiger partial charge in [-0.1, -0.05) is 13.8 Å². The van der Waals surface area contributed by atoms with Crippen LogP contribution in [-0.2, 0) is 4.74 Å². The molecule has 6 nitrogen and oxygen atoms in total. The predicted octanol–water partition coefficient (Wildman–Crippen LogP) is 4.14. The predicted molar refractivity (Wildman–Crippen MR) is 107 cm³/mol. The molecule has 0 aliphatic rings. The average Bonchev–Trinajstić information content (AvgIpc) is 2.68. The Morgan fingerprint density at radius 3 is 2.30 bits per heavy atom. The molecular formula is C21H27N3O3. The number of hydrogen-bond acceptors (Lipinski definition) is 5. The van der Waals surface area contributed by atoms with Crippen LogP contribution in [-0.4, -0.2) is 36.6 Å². The van der Waals surface area contributed by atoms with Crippen LogP contribution in [0.25, 0.3) is 0 Å². The summed E-state index contributed by atoms with van der Waals surface area (Å²) in [5.74, 6) is -0.662. The van der Waals surface area contributed by atoms with E-state index in [0.29, 0.717) is 23.6 Å². The third-order valence-corrected chi connectivity index (χ3v) is 3.98. The minimum atomic E-state index is -0.378. The number of benzene rings is 1. The lowest BCUT2D eigenvalue weighted by molar-refractivity contribution is 0.0526. The van der Waals surface area contributed by atoms with Gasteiger partial charge in [0.1, 0.15) is 5.69 Å². The van der Waals surface area contributed by atoms with Crippen LogP contribution in [0.15, 0.2) is 42.6 Å². The van der Waals surface area contributed by atoms with E-state index in [-0.39, 0.29) is 11.9 Å². The smallest absolute Gasteiger partial charge is 0.338 e. The number of amides is 1. The van der Waals surface area contributed by atoms with Crippen LogP contribution < -0.4 is 10.2 Å². The van der Waals surface area contributed by atoms with Crippen LogP contribution in [0.3, 0.4) is 0 Å². The fraction of sp³-hybridized carbons (Fsp3) is 0.381. The van der Waals surface area contributed by atoms with E-state index in [9.17, 15) is 9.59 Å². The quantitative estimate of drug-likeness (QED) is 0.673. The van der Waals surface area contributed by atoms with Gasteiger partial charge >= 0.3 is 5.97 Å². The zero-order chi connectivity index (χ0) is 19.6. The highest BCUT2D eigenvalue weighted by molar-refractivity contribution is 6.03. The molecule has 0 atom stereocenters. The van der Waals surface area contributed by atoms with Gasteiger partial charge in [0.2, 0.25) is 0 Å². The monoisotopic (exact) mass is 369 g/mol. The molecule has 0 radical (unpaired) electrons. The summed E-state index contributed by atoms with van der Waals surface area (Å²) in [6, 6.07) is 10.3. The minimum Gasteiger partial charge on any atom is -0.462 e. The molecule has 0 saturated carbocycles. The second-order valence-electron chi connectivity index (χ2n) is 6.14. The van der Waals surface area contributed by atoms with Gasteiger partial charge in [0, 0.05) is 30.7 Å².